The summed E-state index contributed by atoms with van der Waals surface area (Å²) in [4.78, 5) is 4.22. The maximum Gasteiger partial charge on any atom is 0.195 e. The Hall–Kier alpha value is -1.13. The molecule has 1 aliphatic rings. The summed E-state index contributed by atoms with van der Waals surface area (Å²) in [7, 11) is 0. The molecular formula is C9H14Cl2N4. The van der Waals surface area contributed by atoms with Crippen LogP contribution in [-0.2, 0) is 0 Å². The topological polar surface area (TPSA) is 62.4 Å². The van der Waals surface area contributed by atoms with Gasteiger partial charge in [-0.25, -0.2) is 0 Å². The minimum absolute atomic E-state index is 0. The highest BCUT2D eigenvalue weighted by molar-refractivity contribution is 5.94. The van der Waals surface area contributed by atoms with Crippen molar-refractivity contribution in [1.29, 1.82) is 0 Å². The average Bonchev–Trinajstić information content (AvgIpc) is 2.62. The number of nitrogens with one attached hydrogen (secondary N) is 2. The molecule has 84 valence electrons. The van der Waals surface area contributed by atoms with Gasteiger partial charge in [-0.2, -0.15) is 0 Å². The smallest absolute Gasteiger partial charge is 0.195 e. The molecule has 0 amide bonds. The molecule has 15 heavy (non-hydrogen) atoms. The summed E-state index contributed by atoms with van der Waals surface area (Å²) in [6, 6.07) is 7.57. The van der Waals surface area contributed by atoms with Gasteiger partial charge in [-0.1, -0.05) is 0 Å². The predicted molar refractivity (Wildman–Crippen MR) is 69.3 cm³/mol. The lowest BCUT2D eigenvalue weighted by Crippen LogP contribution is -2.26. The van der Waals surface area contributed by atoms with Gasteiger partial charge in [-0.3, -0.25) is 4.99 Å². The normalized spacial score (nSPS) is 12.9. The van der Waals surface area contributed by atoms with E-state index in [1.54, 1.807) is 0 Å². The van der Waals surface area contributed by atoms with Crippen LogP contribution in [0, 0.1) is 0 Å². The van der Waals surface area contributed by atoms with Crippen LogP contribution in [0.5, 0.6) is 0 Å². The third-order valence-electron chi connectivity index (χ3n) is 1.85. The van der Waals surface area contributed by atoms with Crippen LogP contribution >= 0.6 is 24.8 Å². The summed E-state index contributed by atoms with van der Waals surface area (Å²) in [6.07, 6.45) is 0. The van der Waals surface area contributed by atoms with Crippen molar-refractivity contribution < 1.29 is 0 Å². The summed E-state index contributed by atoms with van der Waals surface area (Å²) < 4.78 is 0. The SMILES string of the molecule is Cl.Cl.Nc1ccc(NC2=NCCN2)cc1. The lowest BCUT2D eigenvalue weighted by atomic mass is 10.3. The molecule has 0 aromatic heterocycles. The van der Waals surface area contributed by atoms with E-state index >= 15 is 0 Å². The number of hydrogen-bond donors (Lipinski definition) is 3. The Morgan fingerprint density at radius 2 is 1.87 bits per heavy atom. The maximum atomic E-state index is 5.56. The molecule has 0 radical (unpaired) electrons. The van der Waals surface area contributed by atoms with Crippen LogP contribution in [0.2, 0.25) is 0 Å². The Labute approximate surface area is 101 Å². The first-order valence-corrected chi connectivity index (χ1v) is 4.25. The molecule has 1 aromatic rings. The number of rotatable bonds is 1. The third kappa shape index (κ3) is 3.85. The van der Waals surface area contributed by atoms with E-state index in [4.69, 9.17) is 5.73 Å². The Morgan fingerprint density at radius 1 is 1.20 bits per heavy atom. The molecule has 0 fully saturated rings. The standard InChI is InChI=1S/C9H12N4.2ClH/c10-7-1-3-8(4-2-7)13-9-11-5-6-12-9;;/h1-4H,5-6,10H2,(H2,11,12,13);2*1H. The second kappa shape index (κ2) is 6.37. The first-order valence-electron chi connectivity index (χ1n) is 4.25. The number of nitrogen functional groups attached to an aromatic ring is 1. The number of hydrogen-bond acceptors (Lipinski definition) is 4. The van der Waals surface area contributed by atoms with Crippen molar-refractivity contribution in [3.8, 4) is 0 Å². The van der Waals surface area contributed by atoms with Crippen LogP contribution in [0.25, 0.3) is 0 Å². The van der Waals surface area contributed by atoms with Gasteiger partial charge < -0.3 is 16.4 Å². The zero-order chi connectivity index (χ0) is 9.10. The largest absolute Gasteiger partial charge is 0.399 e. The Bertz CT molecular complexity index is 323. The van der Waals surface area contributed by atoms with Gasteiger partial charge in [0, 0.05) is 17.9 Å². The molecule has 1 aromatic carbocycles. The van der Waals surface area contributed by atoms with Crippen LogP contribution < -0.4 is 16.4 Å². The fourth-order valence-electron chi connectivity index (χ4n) is 1.18. The summed E-state index contributed by atoms with van der Waals surface area (Å²) in [5, 5.41) is 6.28. The molecule has 2 rings (SSSR count). The second-order valence-corrected chi connectivity index (χ2v) is 2.90. The first kappa shape index (κ1) is 13.9. The molecule has 6 heteroatoms. The van der Waals surface area contributed by atoms with Crippen LogP contribution in [0.3, 0.4) is 0 Å². The molecule has 0 atom stereocenters. The van der Waals surface area contributed by atoms with Crippen molar-refractivity contribution in [2.24, 2.45) is 4.99 Å². The highest BCUT2D eigenvalue weighted by Gasteiger charge is 2.03. The highest BCUT2D eigenvalue weighted by Crippen LogP contribution is 2.10. The molecule has 0 spiro atoms. The summed E-state index contributed by atoms with van der Waals surface area (Å²) in [6.45, 7) is 1.76. The average molecular weight is 249 g/mol. The number of halogens is 2. The van der Waals surface area contributed by atoms with E-state index in [0.717, 1.165) is 30.4 Å². The van der Waals surface area contributed by atoms with Crippen molar-refractivity contribution in [2.45, 2.75) is 0 Å². The Morgan fingerprint density at radius 3 is 2.40 bits per heavy atom. The van der Waals surface area contributed by atoms with E-state index in [1.165, 1.54) is 0 Å². The minimum atomic E-state index is 0. The zero-order valence-corrected chi connectivity index (χ0v) is 9.70. The van der Waals surface area contributed by atoms with Gasteiger partial charge in [0.15, 0.2) is 5.96 Å². The molecule has 0 saturated carbocycles. The number of anilines is 2. The molecule has 4 nitrogen and oxygen atoms in total. The van der Waals surface area contributed by atoms with Gasteiger partial charge >= 0.3 is 0 Å². The number of nitrogens with two attached hydrogens (primary N) is 1. The fraction of sp³-hybridized carbons (Fsp3) is 0.222. The molecule has 0 unspecified atom stereocenters. The van der Waals surface area contributed by atoms with E-state index in [2.05, 4.69) is 15.6 Å². The molecule has 0 saturated heterocycles. The highest BCUT2D eigenvalue weighted by atomic mass is 35.5. The van der Waals surface area contributed by atoms with Gasteiger partial charge in [0.25, 0.3) is 0 Å². The Kier molecular flexibility index (Phi) is 5.89. The maximum absolute atomic E-state index is 5.56. The molecule has 1 aliphatic heterocycles. The van der Waals surface area contributed by atoms with Crippen molar-refractivity contribution in [2.75, 3.05) is 24.1 Å². The third-order valence-corrected chi connectivity index (χ3v) is 1.85. The van der Waals surface area contributed by atoms with Crippen LogP contribution in [0.15, 0.2) is 29.3 Å². The van der Waals surface area contributed by atoms with Crippen LogP contribution in [0.1, 0.15) is 0 Å². The summed E-state index contributed by atoms with van der Waals surface area (Å²) in [5.74, 6) is 0.838. The molecule has 0 aliphatic carbocycles. The predicted octanol–water partition coefficient (Wildman–Crippen LogP) is 1.48. The molecule has 1 heterocycles. The monoisotopic (exact) mass is 248 g/mol. The fourth-order valence-corrected chi connectivity index (χ4v) is 1.18. The van der Waals surface area contributed by atoms with Crippen molar-refractivity contribution in [3.63, 3.8) is 0 Å². The van der Waals surface area contributed by atoms with Crippen molar-refractivity contribution >= 4 is 42.1 Å². The number of aliphatic imine (C=N–C) groups is 1. The van der Waals surface area contributed by atoms with E-state index in [0.29, 0.717) is 0 Å². The van der Waals surface area contributed by atoms with E-state index in [-0.39, 0.29) is 24.8 Å². The zero-order valence-electron chi connectivity index (χ0n) is 8.06. The van der Waals surface area contributed by atoms with Gasteiger partial charge in [0.1, 0.15) is 0 Å². The van der Waals surface area contributed by atoms with E-state index < -0.39 is 0 Å². The summed E-state index contributed by atoms with van der Waals surface area (Å²) in [5.41, 5.74) is 7.33. The molecular weight excluding hydrogens is 235 g/mol. The van der Waals surface area contributed by atoms with Gasteiger partial charge in [-0.05, 0) is 24.3 Å². The lowest BCUT2D eigenvalue weighted by Gasteiger charge is -2.05. The lowest BCUT2D eigenvalue weighted by molar-refractivity contribution is 0.959. The van der Waals surface area contributed by atoms with Crippen LogP contribution in [-0.4, -0.2) is 19.0 Å². The van der Waals surface area contributed by atoms with E-state index in [9.17, 15) is 0 Å². The first-order chi connectivity index (χ1) is 6.34. The van der Waals surface area contributed by atoms with Crippen molar-refractivity contribution in [1.82, 2.24) is 5.32 Å². The second-order valence-electron chi connectivity index (χ2n) is 2.90. The number of nitrogens with zero attached hydrogens (tertiary/aromatic N) is 1. The van der Waals surface area contributed by atoms with Crippen LogP contribution in [0.4, 0.5) is 11.4 Å². The molecule has 4 N–H and O–H groups in total. The van der Waals surface area contributed by atoms with Crippen molar-refractivity contribution in [3.05, 3.63) is 24.3 Å². The quantitative estimate of drug-likeness (QED) is 0.660. The van der Waals surface area contributed by atoms with E-state index in [1.807, 2.05) is 24.3 Å². The molecule has 0 bridgehead atoms. The van der Waals surface area contributed by atoms with Gasteiger partial charge in [0.05, 0.1) is 6.54 Å². The minimum Gasteiger partial charge on any atom is -0.399 e. The number of guanidine groups is 1. The van der Waals surface area contributed by atoms with Gasteiger partial charge in [0.2, 0.25) is 0 Å². The van der Waals surface area contributed by atoms with Gasteiger partial charge in [-0.15, -0.1) is 24.8 Å². The number of benzene rings is 1. The summed E-state index contributed by atoms with van der Waals surface area (Å²) >= 11 is 0. The Balaban J connectivity index is 0.000000980.